The molecule has 0 aliphatic carbocycles. The summed E-state index contributed by atoms with van der Waals surface area (Å²) in [4.78, 5) is 5.71. The monoisotopic (exact) mass is 279 g/mol. The highest BCUT2D eigenvalue weighted by molar-refractivity contribution is 7.05. The van der Waals surface area contributed by atoms with E-state index >= 15 is 0 Å². The number of hydrogen-bond acceptors (Lipinski definition) is 5. The molecule has 1 atom stereocenters. The number of likely N-dealkylation sites (N-methyl/N-ethyl adjacent to an activating group) is 1. The second-order valence-electron chi connectivity index (χ2n) is 4.52. The summed E-state index contributed by atoms with van der Waals surface area (Å²) in [6.45, 7) is 5.32. The van der Waals surface area contributed by atoms with E-state index in [-0.39, 0.29) is 6.04 Å². The normalized spacial score (nSPS) is 12.8. The van der Waals surface area contributed by atoms with Gasteiger partial charge < -0.3 is 9.88 Å². The number of rotatable bonds is 7. The minimum Gasteiger partial charge on any atom is -0.335 e. The Morgan fingerprint density at radius 2 is 2.26 bits per heavy atom. The molecule has 19 heavy (non-hydrogen) atoms. The van der Waals surface area contributed by atoms with Crippen molar-refractivity contribution in [2.45, 2.75) is 45.7 Å². The van der Waals surface area contributed by atoms with Crippen molar-refractivity contribution in [1.82, 2.24) is 24.5 Å². The minimum atomic E-state index is 0.243. The summed E-state index contributed by atoms with van der Waals surface area (Å²) in [6, 6.07) is 0.243. The third-order valence-electron chi connectivity index (χ3n) is 3.24. The highest BCUT2D eigenvalue weighted by atomic mass is 32.1. The predicted octanol–water partition coefficient (Wildman–Crippen LogP) is 2.21. The molecule has 0 bridgehead atoms. The zero-order chi connectivity index (χ0) is 13.7. The molecule has 2 aromatic heterocycles. The van der Waals surface area contributed by atoms with Crippen LogP contribution in [0.4, 0.5) is 0 Å². The van der Waals surface area contributed by atoms with Gasteiger partial charge in [-0.3, -0.25) is 0 Å². The predicted molar refractivity (Wildman–Crippen MR) is 77.3 cm³/mol. The van der Waals surface area contributed by atoms with Crippen LogP contribution < -0.4 is 5.32 Å². The van der Waals surface area contributed by atoms with Gasteiger partial charge in [0.15, 0.2) is 0 Å². The van der Waals surface area contributed by atoms with Crippen molar-refractivity contribution in [3.63, 3.8) is 0 Å². The molecule has 0 saturated heterocycles. The molecule has 0 radical (unpaired) electrons. The highest BCUT2D eigenvalue weighted by Gasteiger charge is 2.19. The van der Waals surface area contributed by atoms with E-state index in [9.17, 15) is 0 Å². The van der Waals surface area contributed by atoms with Crippen LogP contribution in [0.2, 0.25) is 0 Å². The van der Waals surface area contributed by atoms with Gasteiger partial charge in [-0.05, 0) is 31.4 Å². The van der Waals surface area contributed by atoms with Crippen LogP contribution in [0, 0.1) is 0 Å². The fourth-order valence-corrected chi connectivity index (χ4v) is 3.05. The molecule has 2 rings (SSSR count). The van der Waals surface area contributed by atoms with Crippen molar-refractivity contribution in [3.8, 4) is 0 Å². The van der Waals surface area contributed by atoms with Crippen LogP contribution in [0.15, 0.2) is 12.4 Å². The molecule has 0 saturated carbocycles. The van der Waals surface area contributed by atoms with Crippen LogP contribution in [0.3, 0.4) is 0 Å². The van der Waals surface area contributed by atoms with Crippen LogP contribution in [0.5, 0.6) is 0 Å². The van der Waals surface area contributed by atoms with Gasteiger partial charge in [0.05, 0.1) is 16.6 Å². The van der Waals surface area contributed by atoms with Crippen LogP contribution in [-0.2, 0) is 19.4 Å². The summed E-state index contributed by atoms with van der Waals surface area (Å²) in [7, 11) is 1.98. The van der Waals surface area contributed by atoms with Crippen LogP contribution in [-0.4, -0.2) is 26.2 Å². The summed E-state index contributed by atoms with van der Waals surface area (Å²) in [5.41, 5.74) is 1.10. The third kappa shape index (κ3) is 3.19. The molecule has 5 nitrogen and oxygen atoms in total. The number of hydrogen-bond donors (Lipinski definition) is 1. The van der Waals surface area contributed by atoms with Gasteiger partial charge in [0, 0.05) is 25.4 Å². The summed E-state index contributed by atoms with van der Waals surface area (Å²) < 4.78 is 6.30. The summed E-state index contributed by atoms with van der Waals surface area (Å²) in [6.07, 6.45) is 6.85. The second kappa shape index (κ2) is 6.77. The van der Waals surface area contributed by atoms with E-state index in [1.54, 1.807) is 0 Å². The standard InChI is InChI=1S/C13H21N5S/c1-4-7-18-8-6-15-12(18)9-11(14-3)13-10(5-2)16-17-19-13/h6,8,11,14H,4-5,7,9H2,1-3H3. The van der Waals surface area contributed by atoms with E-state index in [0.717, 1.165) is 37.3 Å². The van der Waals surface area contributed by atoms with Crippen molar-refractivity contribution in [3.05, 3.63) is 28.8 Å². The van der Waals surface area contributed by atoms with Gasteiger partial charge in [-0.25, -0.2) is 4.98 Å². The van der Waals surface area contributed by atoms with Crippen LogP contribution in [0.1, 0.15) is 42.7 Å². The molecular weight excluding hydrogens is 258 g/mol. The molecule has 0 fully saturated rings. The Balaban J connectivity index is 2.17. The first-order chi connectivity index (χ1) is 9.30. The van der Waals surface area contributed by atoms with Gasteiger partial charge >= 0.3 is 0 Å². The lowest BCUT2D eigenvalue weighted by atomic mass is 10.1. The SMILES string of the molecule is CCCn1ccnc1CC(NC)c1snnc1CC. The zero-order valence-electron chi connectivity index (χ0n) is 11.8. The Labute approximate surface area is 118 Å². The van der Waals surface area contributed by atoms with Gasteiger partial charge in [0.25, 0.3) is 0 Å². The first-order valence-corrected chi connectivity index (χ1v) is 7.55. The molecule has 6 heteroatoms. The molecule has 2 heterocycles. The molecule has 0 spiro atoms. The lowest BCUT2D eigenvalue weighted by Crippen LogP contribution is -2.21. The Kier molecular flexibility index (Phi) is 5.04. The molecule has 0 amide bonds. The van der Waals surface area contributed by atoms with Crippen molar-refractivity contribution >= 4 is 11.5 Å². The Hall–Kier alpha value is -1.27. The fourth-order valence-electron chi connectivity index (χ4n) is 2.21. The molecule has 1 N–H and O–H groups in total. The maximum Gasteiger partial charge on any atom is 0.110 e. The van der Waals surface area contributed by atoms with E-state index in [0.29, 0.717) is 0 Å². The van der Waals surface area contributed by atoms with Gasteiger partial charge in [0.1, 0.15) is 5.82 Å². The second-order valence-corrected chi connectivity index (χ2v) is 5.31. The van der Waals surface area contributed by atoms with E-state index < -0.39 is 0 Å². The van der Waals surface area contributed by atoms with Crippen molar-refractivity contribution in [2.75, 3.05) is 7.05 Å². The van der Waals surface area contributed by atoms with Crippen LogP contribution >= 0.6 is 11.5 Å². The van der Waals surface area contributed by atoms with Crippen molar-refractivity contribution in [1.29, 1.82) is 0 Å². The van der Waals surface area contributed by atoms with Crippen LogP contribution in [0.25, 0.3) is 0 Å². The third-order valence-corrected chi connectivity index (χ3v) is 4.12. The smallest absolute Gasteiger partial charge is 0.110 e. The fraction of sp³-hybridized carbons (Fsp3) is 0.615. The Morgan fingerprint density at radius 3 is 2.95 bits per heavy atom. The van der Waals surface area contributed by atoms with Crippen molar-refractivity contribution < 1.29 is 0 Å². The largest absolute Gasteiger partial charge is 0.335 e. The number of aromatic nitrogens is 4. The number of imidazole rings is 1. The average Bonchev–Trinajstić information content (AvgIpc) is 3.05. The minimum absolute atomic E-state index is 0.243. The van der Waals surface area contributed by atoms with Gasteiger partial charge in [0.2, 0.25) is 0 Å². The van der Waals surface area contributed by atoms with Gasteiger partial charge in [-0.15, -0.1) is 5.10 Å². The lowest BCUT2D eigenvalue weighted by molar-refractivity contribution is 0.545. The maximum absolute atomic E-state index is 4.47. The van der Waals surface area contributed by atoms with E-state index in [1.807, 2.05) is 13.2 Å². The number of nitrogens with zero attached hydrogens (tertiary/aromatic N) is 4. The molecule has 0 aliphatic rings. The first-order valence-electron chi connectivity index (χ1n) is 6.78. The topological polar surface area (TPSA) is 55.6 Å². The maximum atomic E-state index is 4.47. The Morgan fingerprint density at radius 1 is 1.42 bits per heavy atom. The summed E-state index contributed by atoms with van der Waals surface area (Å²) in [5.74, 6) is 1.12. The van der Waals surface area contributed by atoms with Gasteiger partial charge in [-0.1, -0.05) is 18.3 Å². The van der Waals surface area contributed by atoms with E-state index in [2.05, 4.69) is 44.5 Å². The molecule has 0 aliphatic heterocycles. The summed E-state index contributed by atoms with van der Waals surface area (Å²) in [5, 5.41) is 7.56. The first kappa shape index (κ1) is 14.1. The molecule has 0 aromatic carbocycles. The summed E-state index contributed by atoms with van der Waals surface area (Å²) >= 11 is 1.49. The number of aryl methyl sites for hydroxylation is 2. The molecule has 2 aromatic rings. The molecular formula is C13H21N5S. The molecule has 104 valence electrons. The highest BCUT2D eigenvalue weighted by Crippen LogP contribution is 2.23. The average molecular weight is 279 g/mol. The Bertz CT molecular complexity index is 505. The van der Waals surface area contributed by atoms with E-state index in [1.165, 1.54) is 16.4 Å². The van der Waals surface area contributed by atoms with Crippen molar-refractivity contribution in [2.24, 2.45) is 0 Å². The molecule has 1 unspecified atom stereocenters. The van der Waals surface area contributed by atoms with E-state index in [4.69, 9.17) is 0 Å². The number of nitrogens with one attached hydrogen (secondary N) is 1. The lowest BCUT2D eigenvalue weighted by Gasteiger charge is -2.15. The van der Waals surface area contributed by atoms with Gasteiger partial charge in [-0.2, -0.15) is 0 Å². The quantitative estimate of drug-likeness (QED) is 0.844. The zero-order valence-corrected chi connectivity index (χ0v) is 12.6.